The molecule has 3 rings (SSSR count). The zero-order valence-electron chi connectivity index (χ0n) is 11.6. The predicted molar refractivity (Wildman–Crippen MR) is 82.2 cm³/mol. The van der Waals surface area contributed by atoms with E-state index >= 15 is 0 Å². The first-order chi connectivity index (χ1) is 10.3. The van der Waals surface area contributed by atoms with Crippen molar-refractivity contribution < 1.29 is 4.79 Å². The van der Waals surface area contributed by atoms with Crippen LogP contribution in [-0.2, 0) is 13.0 Å². The molecule has 2 aromatic carbocycles. The maximum absolute atomic E-state index is 12.3. The van der Waals surface area contributed by atoms with E-state index in [2.05, 4.69) is 17.1 Å². The number of carbonyl (C=O) groups excluding carboxylic acids is 1. The Morgan fingerprint density at radius 1 is 0.952 bits per heavy atom. The lowest BCUT2D eigenvalue weighted by atomic mass is 10.1. The van der Waals surface area contributed by atoms with Crippen molar-refractivity contribution in [3.63, 3.8) is 0 Å². The molecule has 0 aliphatic carbocycles. The average molecular weight is 276 g/mol. The van der Waals surface area contributed by atoms with Gasteiger partial charge >= 0.3 is 0 Å². The van der Waals surface area contributed by atoms with E-state index in [-0.39, 0.29) is 5.78 Å². The summed E-state index contributed by atoms with van der Waals surface area (Å²) in [6, 6.07) is 19.5. The molecular weight excluding hydrogens is 260 g/mol. The number of rotatable bonds is 5. The van der Waals surface area contributed by atoms with Crippen molar-refractivity contribution >= 4 is 5.78 Å². The summed E-state index contributed by atoms with van der Waals surface area (Å²) in [4.78, 5) is 16.6. The summed E-state index contributed by atoms with van der Waals surface area (Å²) in [5, 5.41) is 0. The van der Waals surface area contributed by atoms with Gasteiger partial charge in [-0.2, -0.15) is 0 Å². The lowest BCUT2D eigenvalue weighted by Gasteiger charge is -2.07. The van der Waals surface area contributed by atoms with E-state index in [4.69, 9.17) is 0 Å². The van der Waals surface area contributed by atoms with Crippen LogP contribution >= 0.6 is 0 Å². The predicted octanol–water partition coefficient (Wildman–Crippen LogP) is 3.36. The quantitative estimate of drug-likeness (QED) is 0.670. The third kappa shape index (κ3) is 3.26. The number of imidazole rings is 1. The third-order valence-electron chi connectivity index (χ3n) is 3.41. The number of aromatic nitrogens is 2. The second kappa shape index (κ2) is 6.18. The Kier molecular flexibility index (Phi) is 3.92. The first-order valence-corrected chi connectivity index (χ1v) is 6.95. The molecule has 3 aromatic rings. The van der Waals surface area contributed by atoms with Gasteiger partial charge in [-0.25, -0.2) is 4.98 Å². The summed E-state index contributed by atoms with van der Waals surface area (Å²) in [7, 11) is 0. The fraction of sp³-hybridized carbons (Fsp3) is 0.111. The maximum atomic E-state index is 12.3. The molecule has 0 N–H and O–H groups in total. The van der Waals surface area contributed by atoms with Gasteiger partial charge in [0.05, 0.1) is 6.42 Å². The molecule has 0 atom stereocenters. The Morgan fingerprint density at radius 3 is 2.33 bits per heavy atom. The first-order valence-electron chi connectivity index (χ1n) is 6.95. The lowest BCUT2D eigenvalue weighted by Crippen LogP contribution is -2.10. The van der Waals surface area contributed by atoms with Gasteiger partial charge in [-0.3, -0.25) is 4.79 Å². The van der Waals surface area contributed by atoms with Gasteiger partial charge in [0.15, 0.2) is 5.78 Å². The molecule has 1 heterocycles. The maximum Gasteiger partial charge on any atom is 0.170 e. The first kappa shape index (κ1) is 13.3. The molecule has 104 valence electrons. The van der Waals surface area contributed by atoms with Gasteiger partial charge in [0.2, 0.25) is 0 Å². The second-order valence-electron chi connectivity index (χ2n) is 4.92. The molecule has 0 bridgehead atoms. The standard InChI is InChI=1S/C18H16N2O/c21-17(16-9-5-2-6-10-16)13-18-19-11-12-20(18)14-15-7-3-1-4-8-15/h1-12H,13-14H2. The molecule has 0 unspecified atom stereocenters. The molecule has 0 fully saturated rings. The molecule has 0 saturated heterocycles. The van der Waals surface area contributed by atoms with Crippen LogP contribution in [0.3, 0.4) is 0 Å². The summed E-state index contributed by atoms with van der Waals surface area (Å²) in [5.41, 5.74) is 1.93. The van der Waals surface area contributed by atoms with Crippen molar-refractivity contribution in [2.24, 2.45) is 0 Å². The fourth-order valence-electron chi connectivity index (χ4n) is 2.30. The molecule has 0 amide bonds. The molecule has 0 aliphatic rings. The van der Waals surface area contributed by atoms with E-state index in [1.165, 1.54) is 5.56 Å². The van der Waals surface area contributed by atoms with Gasteiger partial charge in [0, 0.05) is 24.5 Å². The summed E-state index contributed by atoms with van der Waals surface area (Å²) in [6.07, 6.45) is 3.99. The summed E-state index contributed by atoms with van der Waals surface area (Å²) in [5.74, 6) is 0.892. The van der Waals surface area contributed by atoms with E-state index in [1.54, 1.807) is 6.20 Å². The van der Waals surface area contributed by atoms with Gasteiger partial charge in [-0.05, 0) is 5.56 Å². The van der Waals surface area contributed by atoms with E-state index in [9.17, 15) is 4.79 Å². The van der Waals surface area contributed by atoms with E-state index in [1.807, 2.05) is 59.3 Å². The van der Waals surface area contributed by atoms with Gasteiger partial charge in [-0.15, -0.1) is 0 Å². The number of nitrogens with zero attached hydrogens (tertiary/aromatic N) is 2. The van der Waals surface area contributed by atoms with Crippen LogP contribution in [0, 0.1) is 0 Å². The zero-order valence-corrected chi connectivity index (χ0v) is 11.6. The minimum Gasteiger partial charge on any atom is -0.330 e. The highest BCUT2D eigenvalue weighted by Crippen LogP contribution is 2.09. The minimum absolute atomic E-state index is 0.0936. The van der Waals surface area contributed by atoms with E-state index < -0.39 is 0 Å². The monoisotopic (exact) mass is 276 g/mol. The number of ketones is 1. The molecule has 0 aliphatic heterocycles. The van der Waals surface area contributed by atoms with Gasteiger partial charge in [0.25, 0.3) is 0 Å². The molecule has 21 heavy (non-hydrogen) atoms. The summed E-state index contributed by atoms with van der Waals surface area (Å²) < 4.78 is 2.02. The van der Waals surface area contributed by atoms with Crippen LogP contribution in [-0.4, -0.2) is 15.3 Å². The fourth-order valence-corrected chi connectivity index (χ4v) is 2.30. The molecule has 0 radical (unpaired) electrons. The Hall–Kier alpha value is -2.68. The summed E-state index contributed by atoms with van der Waals surface area (Å²) >= 11 is 0. The van der Waals surface area contributed by atoms with Crippen LogP contribution in [0.2, 0.25) is 0 Å². The van der Waals surface area contributed by atoms with Crippen molar-refractivity contribution in [1.82, 2.24) is 9.55 Å². The second-order valence-corrected chi connectivity index (χ2v) is 4.92. The highest BCUT2D eigenvalue weighted by molar-refractivity contribution is 5.97. The normalized spacial score (nSPS) is 10.5. The van der Waals surface area contributed by atoms with Crippen LogP contribution in [0.4, 0.5) is 0 Å². The highest BCUT2D eigenvalue weighted by atomic mass is 16.1. The molecule has 3 nitrogen and oxygen atoms in total. The Morgan fingerprint density at radius 2 is 1.62 bits per heavy atom. The Balaban J connectivity index is 1.75. The van der Waals surface area contributed by atoms with E-state index in [0.717, 1.165) is 17.9 Å². The van der Waals surface area contributed by atoms with Crippen molar-refractivity contribution in [2.45, 2.75) is 13.0 Å². The number of carbonyl (C=O) groups is 1. The Bertz CT molecular complexity index is 717. The molecule has 0 spiro atoms. The van der Waals surface area contributed by atoms with Gasteiger partial charge in [-0.1, -0.05) is 60.7 Å². The average Bonchev–Trinajstić information content (AvgIpc) is 2.96. The van der Waals surface area contributed by atoms with E-state index in [0.29, 0.717) is 6.42 Å². The van der Waals surface area contributed by atoms with Crippen molar-refractivity contribution in [2.75, 3.05) is 0 Å². The number of Topliss-reactive ketones (excluding diaryl/α,β-unsaturated/α-hetero) is 1. The topological polar surface area (TPSA) is 34.9 Å². The SMILES string of the molecule is O=C(Cc1nccn1Cc1ccccc1)c1ccccc1. The third-order valence-corrected chi connectivity index (χ3v) is 3.41. The Labute approximate surface area is 123 Å². The van der Waals surface area contributed by atoms with Crippen LogP contribution in [0.5, 0.6) is 0 Å². The molecular formula is C18H16N2O. The number of hydrogen-bond donors (Lipinski definition) is 0. The van der Waals surface area contributed by atoms with Gasteiger partial charge in [0.1, 0.15) is 5.82 Å². The number of hydrogen-bond acceptors (Lipinski definition) is 2. The van der Waals surface area contributed by atoms with Crippen molar-refractivity contribution in [1.29, 1.82) is 0 Å². The lowest BCUT2D eigenvalue weighted by molar-refractivity contribution is 0.0990. The number of benzene rings is 2. The van der Waals surface area contributed by atoms with Crippen molar-refractivity contribution in [3.05, 3.63) is 90.0 Å². The molecule has 1 aromatic heterocycles. The van der Waals surface area contributed by atoms with Crippen LogP contribution < -0.4 is 0 Å². The van der Waals surface area contributed by atoms with Crippen LogP contribution in [0.15, 0.2) is 73.1 Å². The van der Waals surface area contributed by atoms with Crippen LogP contribution in [0.1, 0.15) is 21.7 Å². The molecule has 3 heteroatoms. The van der Waals surface area contributed by atoms with Crippen molar-refractivity contribution in [3.8, 4) is 0 Å². The van der Waals surface area contributed by atoms with Crippen LogP contribution in [0.25, 0.3) is 0 Å². The molecule has 0 saturated carbocycles. The highest BCUT2D eigenvalue weighted by Gasteiger charge is 2.11. The smallest absolute Gasteiger partial charge is 0.170 e. The summed E-state index contributed by atoms with van der Waals surface area (Å²) in [6.45, 7) is 0.734. The minimum atomic E-state index is 0.0936. The zero-order chi connectivity index (χ0) is 14.5. The largest absolute Gasteiger partial charge is 0.330 e. The van der Waals surface area contributed by atoms with Gasteiger partial charge < -0.3 is 4.57 Å².